The molecule has 0 radical (unpaired) electrons. The first-order valence-corrected chi connectivity index (χ1v) is 12.0. The minimum absolute atomic E-state index is 0.0556. The third-order valence-corrected chi connectivity index (χ3v) is 7.58. The molecule has 9 heteroatoms. The van der Waals surface area contributed by atoms with E-state index in [2.05, 4.69) is 28.9 Å². The van der Waals surface area contributed by atoms with E-state index in [9.17, 15) is 13.2 Å². The van der Waals surface area contributed by atoms with Crippen molar-refractivity contribution >= 4 is 21.9 Å². The summed E-state index contributed by atoms with van der Waals surface area (Å²) in [6, 6.07) is 0.284. The Kier molecular flexibility index (Phi) is 8.55. The van der Waals surface area contributed by atoms with Crippen LogP contribution in [-0.4, -0.2) is 81.1 Å². The monoisotopic (exact) mass is 415 g/mol. The molecular weight excluding hydrogens is 378 g/mol. The maximum Gasteiger partial charge on any atom is 0.243 e. The number of likely N-dealkylation sites (N-methyl/N-ethyl adjacent to an activating group) is 1. The fourth-order valence-corrected chi connectivity index (χ4v) is 5.35. The third kappa shape index (κ3) is 6.62. The van der Waals surface area contributed by atoms with Gasteiger partial charge in [0.2, 0.25) is 15.9 Å². The lowest BCUT2D eigenvalue weighted by Gasteiger charge is -2.36. The molecule has 2 atom stereocenters. The second kappa shape index (κ2) is 10.4. The zero-order valence-electron chi connectivity index (χ0n) is 17.8. The number of nitrogens with zero attached hydrogens (tertiary/aromatic N) is 3. The van der Waals surface area contributed by atoms with Crippen LogP contribution < -0.4 is 10.0 Å². The molecule has 1 heterocycles. The van der Waals surface area contributed by atoms with E-state index < -0.39 is 15.3 Å². The summed E-state index contributed by atoms with van der Waals surface area (Å²) in [7, 11) is 0.0508. The average Bonchev–Trinajstić information content (AvgIpc) is 3.16. The molecule has 1 amide bonds. The molecule has 2 fully saturated rings. The van der Waals surface area contributed by atoms with E-state index in [-0.39, 0.29) is 24.5 Å². The predicted octanol–water partition coefficient (Wildman–Crippen LogP) is 1.15. The summed E-state index contributed by atoms with van der Waals surface area (Å²) in [4.78, 5) is 20.0. The molecule has 0 aromatic heterocycles. The Morgan fingerprint density at radius 1 is 1.21 bits per heavy atom. The summed E-state index contributed by atoms with van der Waals surface area (Å²) in [6.07, 6.45) is 6.43. The number of likely N-dealkylation sites (tertiary alicyclic amines) is 1. The van der Waals surface area contributed by atoms with Gasteiger partial charge in [0, 0.05) is 39.3 Å². The van der Waals surface area contributed by atoms with Gasteiger partial charge in [-0.25, -0.2) is 18.1 Å². The summed E-state index contributed by atoms with van der Waals surface area (Å²) in [5.41, 5.74) is 0. The van der Waals surface area contributed by atoms with E-state index >= 15 is 0 Å². The minimum Gasteiger partial charge on any atom is -0.354 e. The largest absolute Gasteiger partial charge is 0.354 e. The van der Waals surface area contributed by atoms with E-state index in [1.54, 1.807) is 14.1 Å². The Bertz CT molecular complexity index is 644. The Labute approximate surface area is 170 Å². The van der Waals surface area contributed by atoms with Crippen molar-refractivity contribution in [1.82, 2.24) is 19.8 Å². The predicted molar refractivity (Wildman–Crippen MR) is 113 cm³/mol. The highest BCUT2D eigenvalue weighted by Crippen LogP contribution is 2.22. The number of amides is 1. The van der Waals surface area contributed by atoms with Gasteiger partial charge >= 0.3 is 0 Å². The van der Waals surface area contributed by atoms with Gasteiger partial charge in [-0.1, -0.05) is 19.8 Å². The van der Waals surface area contributed by atoms with Gasteiger partial charge in [-0.05, 0) is 39.0 Å². The normalized spacial score (nSPS) is 22.9. The molecule has 1 saturated heterocycles. The zero-order chi connectivity index (χ0) is 20.7. The first-order chi connectivity index (χ1) is 13.2. The van der Waals surface area contributed by atoms with E-state index in [1.807, 2.05) is 4.90 Å². The number of hydrogen-bond donors (Lipinski definition) is 2. The lowest BCUT2D eigenvalue weighted by molar-refractivity contribution is -0.127. The number of guanidine groups is 1. The quantitative estimate of drug-likeness (QED) is 0.480. The van der Waals surface area contributed by atoms with Crippen LogP contribution in [0.15, 0.2) is 4.99 Å². The van der Waals surface area contributed by atoms with Crippen LogP contribution in [0.5, 0.6) is 0 Å². The number of rotatable bonds is 7. The standard InChI is InChI=1S/C19H37N5O3S/c1-5-15(2)21-19(20-13-18(25)23(3)4)24-12-8-11-17(14-24)28(26,27)22-16-9-6-7-10-16/h15-17,22H,5-14H2,1-4H3,(H,20,21). The Morgan fingerprint density at radius 2 is 1.89 bits per heavy atom. The molecule has 0 aromatic rings. The highest BCUT2D eigenvalue weighted by molar-refractivity contribution is 7.90. The number of aliphatic imine (C=N–C) groups is 1. The maximum atomic E-state index is 12.9. The van der Waals surface area contributed by atoms with Crippen LogP contribution in [0.25, 0.3) is 0 Å². The molecule has 28 heavy (non-hydrogen) atoms. The highest BCUT2D eigenvalue weighted by Gasteiger charge is 2.34. The molecule has 2 N–H and O–H groups in total. The second-order valence-electron chi connectivity index (χ2n) is 8.24. The van der Waals surface area contributed by atoms with Gasteiger partial charge in [0.1, 0.15) is 6.54 Å². The van der Waals surface area contributed by atoms with Crippen molar-refractivity contribution in [2.75, 3.05) is 33.7 Å². The lowest BCUT2D eigenvalue weighted by atomic mass is 10.1. The van der Waals surface area contributed by atoms with Crippen molar-refractivity contribution in [3.8, 4) is 0 Å². The van der Waals surface area contributed by atoms with Gasteiger partial charge < -0.3 is 15.1 Å². The Balaban J connectivity index is 2.09. The highest BCUT2D eigenvalue weighted by atomic mass is 32.2. The minimum atomic E-state index is -3.36. The maximum absolute atomic E-state index is 12.9. The number of piperidine rings is 1. The van der Waals surface area contributed by atoms with Gasteiger partial charge in [-0.15, -0.1) is 0 Å². The van der Waals surface area contributed by atoms with Crippen molar-refractivity contribution in [2.45, 2.75) is 76.1 Å². The van der Waals surface area contributed by atoms with Gasteiger partial charge in [0.25, 0.3) is 0 Å². The van der Waals surface area contributed by atoms with Crippen LogP contribution in [0.4, 0.5) is 0 Å². The SMILES string of the molecule is CCC(C)NC(=NCC(=O)N(C)C)N1CCCC(S(=O)(=O)NC2CCCC2)C1. The summed E-state index contributed by atoms with van der Waals surface area (Å²) < 4.78 is 28.7. The third-order valence-electron chi connectivity index (χ3n) is 5.65. The fraction of sp³-hybridized carbons (Fsp3) is 0.895. The van der Waals surface area contributed by atoms with Crippen molar-refractivity contribution in [3.05, 3.63) is 0 Å². The molecular formula is C19H37N5O3S. The molecule has 162 valence electrons. The topological polar surface area (TPSA) is 94.1 Å². The zero-order valence-corrected chi connectivity index (χ0v) is 18.6. The first kappa shape index (κ1) is 22.9. The second-order valence-corrected chi connectivity index (χ2v) is 10.2. The summed E-state index contributed by atoms with van der Waals surface area (Å²) in [6.45, 7) is 5.34. The van der Waals surface area contributed by atoms with Crippen LogP contribution in [0.3, 0.4) is 0 Å². The lowest BCUT2D eigenvalue weighted by Crippen LogP contribution is -2.54. The fourth-order valence-electron chi connectivity index (χ4n) is 3.60. The van der Waals surface area contributed by atoms with Crippen molar-refractivity contribution in [3.63, 3.8) is 0 Å². The number of carbonyl (C=O) groups is 1. The molecule has 0 spiro atoms. The summed E-state index contributed by atoms with van der Waals surface area (Å²) >= 11 is 0. The number of carbonyl (C=O) groups excluding carboxylic acids is 1. The van der Waals surface area contributed by atoms with Crippen LogP contribution in [0.2, 0.25) is 0 Å². The van der Waals surface area contributed by atoms with Gasteiger partial charge in [0.15, 0.2) is 5.96 Å². The average molecular weight is 416 g/mol. The summed E-state index contributed by atoms with van der Waals surface area (Å²) in [5, 5.41) is 2.92. The molecule has 2 unspecified atom stereocenters. The first-order valence-electron chi connectivity index (χ1n) is 10.5. The number of sulfonamides is 1. The van der Waals surface area contributed by atoms with Gasteiger partial charge in [-0.2, -0.15) is 0 Å². The summed E-state index contributed by atoms with van der Waals surface area (Å²) in [5.74, 6) is 0.554. The van der Waals surface area contributed by atoms with E-state index in [1.165, 1.54) is 4.90 Å². The number of hydrogen-bond acceptors (Lipinski definition) is 4. The number of nitrogens with one attached hydrogen (secondary N) is 2. The molecule has 2 aliphatic rings. The molecule has 1 aliphatic carbocycles. The molecule has 1 saturated carbocycles. The molecule has 0 aromatic carbocycles. The van der Waals surface area contributed by atoms with Crippen molar-refractivity contribution in [1.29, 1.82) is 0 Å². The van der Waals surface area contributed by atoms with Crippen LogP contribution in [0.1, 0.15) is 58.8 Å². The van der Waals surface area contributed by atoms with Crippen molar-refractivity contribution < 1.29 is 13.2 Å². The van der Waals surface area contributed by atoms with E-state index in [0.717, 1.165) is 45.1 Å². The molecule has 1 aliphatic heterocycles. The molecule has 0 bridgehead atoms. The molecule has 2 rings (SSSR count). The van der Waals surface area contributed by atoms with E-state index in [4.69, 9.17) is 0 Å². The van der Waals surface area contributed by atoms with Crippen molar-refractivity contribution in [2.24, 2.45) is 4.99 Å². The Hall–Kier alpha value is -1.35. The van der Waals surface area contributed by atoms with Gasteiger partial charge in [0.05, 0.1) is 5.25 Å². The van der Waals surface area contributed by atoms with Crippen LogP contribution in [-0.2, 0) is 14.8 Å². The molecule has 8 nitrogen and oxygen atoms in total. The van der Waals surface area contributed by atoms with E-state index in [0.29, 0.717) is 18.9 Å². The smallest absolute Gasteiger partial charge is 0.243 e. The van der Waals surface area contributed by atoms with Crippen LogP contribution >= 0.6 is 0 Å². The Morgan fingerprint density at radius 3 is 2.50 bits per heavy atom. The van der Waals surface area contributed by atoms with Gasteiger partial charge in [-0.3, -0.25) is 4.79 Å². The van der Waals surface area contributed by atoms with Crippen LogP contribution in [0, 0.1) is 0 Å².